The molecule has 0 saturated heterocycles. The second kappa shape index (κ2) is 15.6. The van der Waals surface area contributed by atoms with Gasteiger partial charge < -0.3 is 18.6 Å². The van der Waals surface area contributed by atoms with Crippen LogP contribution in [-0.4, -0.2) is 0 Å². The van der Waals surface area contributed by atoms with Crippen LogP contribution in [0.25, 0.3) is 76.2 Å². The molecule has 0 bridgehead atoms. The van der Waals surface area contributed by atoms with Crippen LogP contribution in [0, 0.1) is 0 Å². The van der Waals surface area contributed by atoms with Gasteiger partial charge in [-0.3, -0.25) is 0 Å². The highest BCUT2D eigenvalue weighted by Gasteiger charge is 2.26. The fourth-order valence-corrected chi connectivity index (χ4v) is 10.7. The van der Waals surface area contributed by atoms with Crippen molar-refractivity contribution >= 4 is 110 Å². The van der Waals surface area contributed by atoms with Crippen LogP contribution in [0.15, 0.2) is 185 Å². The van der Waals surface area contributed by atoms with Crippen molar-refractivity contribution < 1.29 is 8.83 Å². The maximum atomic E-state index is 7.03. The molecular weight excluding hydrogens is 805 g/mol. The SMILES string of the molecule is CCCc1cccc2c1oc1c(N(c3ccccc3)c3ccc4ccc5c(N(c6ccc(C(C)(C)C)cc6)c6cccc7c6oc6c(CCC)cccc67)ccc6ccc3c4c65)cccc12. The van der Waals surface area contributed by atoms with Crippen molar-refractivity contribution in [2.75, 3.05) is 9.80 Å². The molecule has 0 spiro atoms. The first-order valence-corrected chi connectivity index (χ1v) is 23.6. The predicted octanol–water partition coefficient (Wildman–Crippen LogP) is 18.5. The van der Waals surface area contributed by atoms with E-state index in [4.69, 9.17) is 8.83 Å². The molecule has 12 aromatic rings. The molecule has 0 N–H and O–H groups in total. The van der Waals surface area contributed by atoms with Crippen molar-refractivity contribution in [2.24, 2.45) is 0 Å². The molecule has 0 aliphatic carbocycles. The van der Waals surface area contributed by atoms with Gasteiger partial charge in [0.05, 0.1) is 22.7 Å². The van der Waals surface area contributed by atoms with Gasteiger partial charge in [-0.25, -0.2) is 0 Å². The number of rotatable bonds is 10. The molecule has 0 saturated carbocycles. The van der Waals surface area contributed by atoms with Crippen molar-refractivity contribution in [3.63, 3.8) is 0 Å². The smallest absolute Gasteiger partial charge is 0.159 e. The Labute approximate surface area is 385 Å². The standard InChI is InChI=1S/C62H52N2O2/c1-6-15-41-17-11-21-46-48-23-13-25-54(60(48)65-58(41)46)63(44-19-9-8-10-20-44)52-37-29-39-28-36-51-53(38-30-40-27-35-50(52)56(39)57(40)51)64(45-33-31-43(32-34-45)62(3,4)5)55-26-14-24-49-47-22-12-18-42(16-7-2)59(47)66-61(49)55/h8-14,17-38H,6-7,15-16H2,1-5H3. The normalized spacial score (nSPS) is 12.3. The first-order valence-electron chi connectivity index (χ1n) is 23.6. The lowest BCUT2D eigenvalue weighted by atomic mass is 9.87. The number of hydrogen-bond donors (Lipinski definition) is 0. The molecule has 66 heavy (non-hydrogen) atoms. The Bertz CT molecular complexity index is 3780. The van der Waals surface area contributed by atoms with E-state index in [0.29, 0.717) is 0 Å². The Balaban J connectivity index is 1.11. The zero-order valence-electron chi connectivity index (χ0n) is 38.3. The van der Waals surface area contributed by atoms with Crippen molar-refractivity contribution in [2.45, 2.75) is 65.7 Å². The number of nitrogens with zero attached hydrogens (tertiary/aromatic N) is 2. The molecule has 2 heterocycles. The number of fused-ring (bicyclic) bond motifs is 6. The highest BCUT2D eigenvalue weighted by molar-refractivity contribution is 6.28. The second-order valence-corrected chi connectivity index (χ2v) is 19.0. The summed E-state index contributed by atoms with van der Waals surface area (Å²) in [6.07, 6.45) is 4.05. The first kappa shape index (κ1) is 40.0. The predicted molar refractivity (Wildman–Crippen MR) is 281 cm³/mol. The van der Waals surface area contributed by atoms with Crippen molar-refractivity contribution in [3.05, 3.63) is 193 Å². The summed E-state index contributed by atoms with van der Waals surface area (Å²) in [4.78, 5) is 4.82. The molecule has 0 radical (unpaired) electrons. The minimum Gasteiger partial charge on any atom is -0.454 e. The zero-order chi connectivity index (χ0) is 44.7. The number of anilines is 6. The van der Waals surface area contributed by atoms with E-state index in [1.165, 1.54) is 49.0 Å². The molecule has 10 aromatic carbocycles. The topological polar surface area (TPSA) is 32.8 Å². The van der Waals surface area contributed by atoms with Gasteiger partial charge in [0, 0.05) is 43.7 Å². The van der Waals surface area contributed by atoms with E-state index < -0.39 is 0 Å². The van der Waals surface area contributed by atoms with E-state index in [1.54, 1.807) is 0 Å². The third kappa shape index (κ3) is 6.26. The van der Waals surface area contributed by atoms with Crippen LogP contribution < -0.4 is 9.80 Å². The van der Waals surface area contributed by atoms with Gasteiger partial charge >= 0.3 is 0 Å². The van der Waals surface area contributed by atoms with Crippen LogP contribution >= 0.6 is 0 Å². The van der Waals surface area contributed by atoms with Gasteiger partial charge in [0.1, 0.15) is 11.2 Å². The van der Waals surface area contributed by atoms with E-state index in [1.807, 2.05) is 0 Å². The highest BCUT2D eigenvalue weighted by Crippen LogP contribution is 2.50. The lowest BCUT2D eigenvalue weighted by molar-refractivity contribution is 0.590. The third-order valence-corrected chi connectivity index (χ3v) is 13.8. The van der Waals surface area contributed by atoms with E-state index in [0.717, 1.165) is 104 Å². The van der Waals surface area contributed by atoms with E-state index in [-0.39, 0.29) is 5.41 Å². The Morgan fingerprint density at radius 2 is 0.788 bits per heavy atom. The molecule has 322 valence electrons. The summed E-state index contributed by atoms with van der Waals surface area (Å²) in [6, 6.07) is 64.7. The molecule has 12 rings (SSSR count). The number of aryl methyl sites for hydroxylation is 2. The summed E-state index contributed by atoms with van der Waals surface area (Å²) in [6.45, 7) is 11.3. The fourth-order valence-electron chi connectivity index (χ4n) is 10.7. The maximum absolute atomic E-state index is 7.03. The van der Waals surface area contributed by atoms with Gasteiger partial charge in [-0.05, 0) is 105 Å². The largest absolute Gasteiger partial charge is 0.454 e. The molecule has 0 unspecified atom stereocenters. The summed E-state index contributed by atoms with van der Waals surface area (Å²) >= 11 is 0. The van der Waals surface area contributed by atoms with E-state index in [2.05, 4.69) is 220 Å². The quantitative estimate of drug-likeness (QED) is 0.128. The number of para-hydroxylation sites is 5. The molecule has 0 fully saturated rings. The molecule has 0 atom stereocenters. The minimum absolute atomic E-state index is 0.0179. The van der Waals surface area contributed by atoms with Crippen LogP contribution in [0.5, 0.6) is 0 Å². The zero-order valence-corrected chi connectivity index (χ0v) is 38.3. The Morgan fingerprint density at radius 1 is 0.364 bits per heavy atom. The van der Waals surface area contributed by atoms with Gasteiger partial charge in [0.15, 0.2) is 11.2 Å². The van der Waals surface area contributed by atoms with Gasteiger partial charge in [0.25, 0.3) is 0 Å². The van der Waals surface area contributed by atoms with Crippen LogP contribution in [-0.2, 0) is 18.3 Å². The summed E-state index contributed by atoms with van der Waals surface area (Å²) in [5.74, 6) is 0. The first-order chi connectivity index (χ1) is 32.3. The van der Waals surface area contributed by atoms with E-state index >= 15 is 0 Å². The molecule has 0 aliphatic heterocycles. The number of benzene rings is 10. The Kier molecular flexibility index (Phi) is 9.43. The lowest BCUT2D eigenvalue weighted by Crippen LogP contribution is -2.13. The second-order valence-electron chi connectivity index (χ2n) is 19.0. The van der Waals surface area contributed by atoms with Crippen LogP contribution in [0.4, 0.5) is 34.1 Å². The third-order valence-electron chi connectivity index (χ3n) is 13.8. The summed E-state index contributed by atoms with van der Waals surface area (Å²) in [5, 5.41) is 11.8. The molecule has 0 aliphatic rings. The van der Waals surface area contributed by atoms with E-state index in [9.17, 15) is 0 Å². The van der Waals surface area contributed by atoms with Crippen LogP contribution in [0.1, 0.15) is 64.2 Å². The average Bonchev–Trinajstić information content (AvgIpc) is 3.93. The van der Waals surface area contributed by atoms with Gasteiger partial charge in [-0.15, -0.1) is 0 Å². The highest BCUT2D eigenvalue weighted by atomic mass is 16.3. The fraction of sp³-hybridized carbons (Fsp3) is 0.161. The van der Waals surface area contributed by atoms with Crippen molar-refractivity contribution in [3.8, 4) is 0 Å². The lowest BCUT2D eigenvalue weighted by Gasteiger charge is -2.29. The average molecular weight is 857 g/mol. The summed E-state index contributed by atoms with van der Waals surface area (Å²) in [7, 11) is 0. The Morgan fingerprint density at radius 3 is 1.24 bits per heavy atom. The maximum Gasteiger partial charge on any atom is 0.159 e. The van der Waals surface area contributed by atoms with Crippen LogP contribution in [0.3, 0.4) is 0 Å². The van der Waals surface area contributed by atoms with Crippen molar-refractivity contribution in [1.82, 2.24) is 0 Å². The molecule has 2 aromatic heterocycles. The van der Waals surface area contributed by atoms with Crippen molar-refractivity contribution in [1.29, 1.82) is 0 Å². The monoisotopic (exact) mass is 856 g/mol. The number of hydrogen-bond acceptors (Lipinski definition) is 4. The molecule has 0 amide bonds. The van der Waals surface area contributed by atoms with Gasteiger partial charge in [-0.2, -0.15) is 0 Å². The molecule has 4 heteroatoms. The van der Waals surface area contributed by atoms with Gasteiger partial charge in [-0.1, -0.05) is 175 Å². The Hall–Kier alpha value is -7.56. The van der Waals surface area contributed by atoms with Gasteiger partial charge in [0.2, 0.25) is 0 Å². The molecule has 4 nitrogen and oxygen atoms in total. The summed E-state index contributed by atoms with van der Waals surface area (Å²) in [5.41, 5.74) is 13.9. The summed E-state index contributed by atoms with van der Waals surface area (Å²) < 4.78 is 14.0. The van der Waals surface area contributed by atoms with Crippen LogP contribution in [0.2, 0.25) is 0 Å². The molecular formula is C62H52N2O2. The number of furan rings is 2. The minimum atomic E-state index is 0.0179.